The molecule has 2 aromatic rings. The molecule has 4 rings (SSSR count). The Labute approximate surface area is 175 Å². The fourth-order valence-corrected chi connectivity index (χ4v) is 4.38. The molecular weight excluding hydrogens is 384 g/mol. The molecule has 1 aliphatic carbocycles. The largest absolute Gasteiger partial charge is 0.368 e. The van der Waals surface area contributed by atoms with Crippen LogP contribution in [0.5, 0.6) is 0 Å². The SMILES string of the molecule is CC[C@@H]1OCC(=O)[C@H]1NC(=O)[C@H](CC1(C)CCC1)NC(=O)c1ccc2[nH]ncc2c1. The molecule has 30 heavy (non-hydrogen) atoms. The normalized spacial score (nSPS) is 23.7. The number of amides is 2. The van der Waals surface area contributed by atoms with Crippen molar-refractivity contribution in [3.05, 3.63) is 30.0 Å². The highest BCUT2D eigenvalue weighted by Gasteiger charge is 2.40. The van der Waals surface area contributed by atoms with Gasteiger partial charge in [-0.15, -0.1) is 0 Å². The maximum Gasteiger partial charge on any atom is 0.251 e. The summed E-state index contributed by atoms with van der Waals surface area (Å²) in [5.74, 6) is -0.772. The summed E-state index contributed by atoms with van der Waals surface area (Å²) < 4.78 is 5.46. The number of fused-ring (bicyclic) bond motifs is 1. The molecular formula is C22H28N4O4. The van der Waals surface area contributed by atoms with Gasteiger partial charge in [0.05, 0.1) is 17.8 Å². The topological polar surface area (TPSA) is 113 Å². The first-order valence-corrected chi connectivity index (χ1v) is 10.6. The third-order valence-corrected chi connectivity index (χ3v) is 6.44. The summed E-state index contributed by atoms with van der Waals surface area (Å²) in [6, 6.07) is 3.87. The van der Waals surface area contributed by atoms with Crippen LogP contribution in [-0.4, -0.2) is 52.6 Å². The lowest BCUT2D eigenvalue weighted by atomic mass is 9.67. The number of nitrogens with zero attached hydrogens (tertiary/aromatic N) is 1. The second-order valence-corrected chi connectivity index (χ2v) is 8.78. The van der Waals surface area contributed by atoms with Crippen LogP contribution in [0.4, 0.5) is 0 Å². The van der Waals surface area contributed by atoms with Gasteiger partial charge in [0.2, 0.25) is 5.91 Å². The summed E-state index contributed by atoms with van der Waals surface area (Å²) >= 11 is 0. The predicted octanol–water partition coefficient (Wildman–Crippen LogP) is 2.10. The van der Waals surface area contributed by atoms with E-state index in [0.29, 0.717) is 18.4 Å². The van der Waals surface area contributed by atoms with Gasteiger partial charge in [-0.25, -0.2) is 0 Å². The minimum absolute atomic E-state index is 0.0168. The first-order valence-electron chi connectivity index (χ1n) is 10.6. The van der Waals surface area contributed by atoms with Crippen molar-refractivity contribution in [1.82, 2.24) is 20.8 Å². The molecule has 0 bridgehead atoms. The van der Waals surface area contributed by atoms with E-state index in [1.165, 1.54) is 0 Å². The number of rotatable bonds is 7. The van der Waals surface area contributed by atoms with E-state index in [0.717, 1.165) is 30.2 Å². The number of carbonyl (C=O) groups is 3. The molecule has 0 spiro atoms. The summed E-state index contributed by atoms with van der Waals surface area (Å²) in [5, 5.41) is 13.4. The van der Waals surface area contributed by atoms with E-state index in [9.17, 15) is 14.4 Å². The second-order valence-electron chi connectivity index (χ2n) is 8.78. The standard InChI is InChI=1S/C22H28N4O4/c1-3-18-19(17(27)12-30-18)25-21(29)16(10-22(2)7-4-8-22)24-20(28)13-5-6-15-14(9-13)11-23-26-15/h5-6,9,11,16,18-19H,3-4,7-8,10,12H2,1-2H3,(H,23,26)(H,24,28)(H,25,29)/t16-,18-,19+/m0/s1. The second kappa shape index (κ2) is 8.18. The Hall–Kier alpha value is -2.74. The van der Waals surface area contributed by atoms with Gasteiger partial charge in [-0.05, 0) is 49.3 Å². The number of nitrogens with one attached hydrogen (secondary N) is 3. The van der Waals surface area contributed by atoms with Gasteiger partial charge >= 0.3 is 0 Å². The van der Waals surface area contributed by atoms with Crippen molar-refractivity contribution in [3.63, 3.8) is 0 Å². The maximum atomic E-state index is 13.1. The molecule has 1 saturated carbocycles. The number of carbonyl (C=O) groups excluding carboxylic acids is 3. The fraction of sp³-hybridized carbons (Fsp3) is 0.545. The molecule has 1 saturated heterocycles. The van der Waals surface area contributed by atoms with Crippen molar-refractivity contribution in [2.75, 3.05) is 6.61 Å². The van der Waals surface area contributed by atoms with Gasteiger partial charge in [-0.2, -0.15) is 5.10 Å². The van der Waals surface area contributed by atoms with Crippen molar-refractivity contribution in [1.29, 1.82) is 0 Å². The van der Waals surface area contributed by atoms with Crippen molar-refractivity contribution < 1.29 is 19.1 Å². The Morgan fingerprint density at radius 3 is 2.87 bits per heavy atom. The van der Waals surface area contributed by atoms with Gasteiger partial charge in [0.25, 0.3) is 5.91 Å². The predicted molar refractivity (Wildman–Crippen MR) is 111 cm³/mol. The summed E-state index contributed by atoms with van der Waals surface area (Å²) in [6.45, 7) is 4.07. The molecule has 2 heterocycles. The number of H-pyrrole nitrogens is 1. The van der Waals surface area contributed by atoms with Crippen LogP contribution in [0.2, 0.25) is 0 Å². The zero-order valence-electron chi connectivity index (χ0n) is 17.4. The summed E-state index contributed by atoms with van der Waals surface area (Å²) in [5.41, 5.74) is 1.32. The van der Waals surface area contributed by atoms with Gasteiger partial charge in [-0.1, -0.05) is 20.3 Å². The number of ketones is 1. The Morgan fingerprint density at radius 2 is 2.17 bits per heavy atom. The van der Waals surface area contributed by atoms with Gasteiger partial charge in [-0.3, -0.25) is 19.5 Å². The van der Waals surface area contributed by atoms with E-state index in [1.54, 1.807) is 24.4 Å². The molecule has 3 N–H and O–H groups in total. The molecule has 3 atom stereocenters. The highest BCUT2D eigenvalue weighted by atomic mass is 16.5. The van der Waals surface area contributed by atoms with Crippen LogP contribution < -0.4 is 10.6 Å². The van der Waals surface area contributed by atoms with Crippen LogP contribution in [0.25, 0.3) is 10.9 Å². The lowest BCUT2D eigenvalue weighted by Crippen LogP contribution is -2.55. The molecule has 0 unspecified atom stereocenters. The smallest absolute Gasteiger partial charge is 0.251 e. The zero-order valence-corrected chi connectivity index (χ0v) is 17.4. The van der Waals surface area contributed by atoms with Gasteiger partial charge < -0.3 is 15.4 Å². The van der Waals surface area contributed by atoms with Crippen molar-refractivity contribution in [2.45, 2.75) is 64.1 Å². The van der Waals surface area contributed by atoms with E-state index in [1.807, 2.05) is 6.92 Å². The van der Waals surface area contributed by atoms with Crippen LogP contribution in [0.15, 0.2) is 24.4 Å². The average molecular weight is 412 g/mol. The molecule has 2 aliphatic rings. The van der Waals surface area contributed by atoms with Gasteiger partial charge in [0, 0.05) is 10.9 Å². The van der Waals surface area contributed by atoms with E-state index in [2.05, 4.69) is 27.8 Å². The van der Waals surface area contributed by atoms with E-state index < -0.39 is 12.1 Å². The lowest BCUT2D eigenvalue weighted by Gasteiger charge is -2.41. The fourth-order valence-electron chi connectivity index (χ4n) is 4.38. The van der Waals surface area contributed by atoms with E-state index in [4.69, 9.17) is 4.74 Å². The third kappa shape index (κ3) is 4.09. The number of Topliss-reactive ketones (excluding diaryl/α,β-unsaturated/α-hetero) is 1. The number of aromatic nitrogens is 2. The minimum Gasteiger partial charge on any atom is -0.368 e. The highest BCUT2D eigenvalue weighted by Crippen LogP contribution is 2.44. The minimum atomic E-state index is -0.714. The van der Waals surface area contributed by atoms with E-state index in [-0.39, 0.29) is 35.7 Å². The molecule has 1 aliphatic heterocycles. The Balaban J connectivity index is 1.50. The summed E-state index contributed by atoms with van der Waals surface area (Å²) in [6.07, 6.45) is 5.69. The lowest BCUT2D eigenvalue weighted by molar-refractivity contribution is -0.128. The number of ether oxygens (including phenoxy) is 1. The first kappa shape index (κ1) is 20.5. The van der Waals surface area contributed by atoms with Gasteiger partial charge in [0.1, 0.15) is 18.7 Å². The number of aromatic amines is 1. The van der Waals surface area contributed by atoms with Crippen LogP contribution in [0.1, 0.15) is 56.3 Å². The van der Waals surface area contributed by atoms with Crippen LogP contribution >= 0.6 is 0 Å². The molecule has 2 fully saturated rings. The van der Waals surface area contributed by atoms with E-state index >= 15 is 0 Å². The Morgan fingerprint density at radius 1 is 1.37 bits per heavy atom. The van der Waals surface area contributed by atoms with Crippen molar-refractivity contribution >= 4 is 28.5 Å². The Kier molecular flexibility index (Phi) is 5.60. The molecule has 1 aromatic heterocycles. The van der Waals surface area contributed by atoms with Gasteiger partial charge in [0.15, 0.2) is 5.78 Å². The molecule has 8 heteroatoms. The monoisotopic (exact) mass is 412 g/mol. The number of hydrogen-bond acceptors (Lipinski definition) is 5. The summed E-state index contributed by atoms with van der Waals surface area (Å²) in [4.78, 5) is 38.2. The average Bonchev–Trinajstić information content (AvgIpc) is 3.32. The maximum absolute atomic E-state index is 13.1. The highest BCUT2D eigenvalue weighted by molar-refractivity contribution is 6.01. The summed E-state index contributed by atoms with van der Waals surface area (Å²) in [7, 11) is 0. The number of benzene rings is 1. The van der Waals surface area contributed by atoms with Crippen LogP contribution in [0.3, 0.4) is 0 Å². The first-order chi connectivity index (χ1) is 14.4. The molecule has 8 nitrogen and oxygen atoms in total. The third-order valence-electron chi connectivity index (χ3n) is 6.44. The van der Waals surface area contributed by atoms with Crippen molar-refractivity contribution in [3.8, 4) is 0 Å². The molecule has 1 aromatic carbocycles. The quantitative estimate of drug-likeness (QED) is 0.645. The molecule has 2 amide bonds. The van der Waals surface area contributed by atoms with Crippen LogP contribution in [0, 0.1) is 5.41 Å². The molecule has 0 radical (unpaired) electrons. The Bertz CT molecular complexity index is 965. The zero-order chi connectivity index (χ0) is 21.3. The van der Waals surface area contributed by atoms with Crippen molar-refractivity contribution in [2.24, 2.45) is 5.41 Å². The number of hydrogen-bond donors (Lipinski definition) is 3. The molecule has 160 valence electrons. The van der Waals surface area contributed by atoms with Crippen LogP contribution in [-0.2, 0) is 14.3 Å².